The second kappa shape index (κ2) is 10.4. The van der Waals surface area contributed by atoms with Crippen LogP contribution >= 0.6 is 11.3 Å². The molecule has 38 heavy (non-hydrogen) atoms. The van der Waals surface area contributed by atoms with Gasteiger partial charge >= 0.3 is 6.01 Å². The van der Waals surface area contributed by atoms with E-state index in [9.17, 15) is 4.79 Å². The van der Waals surface area contributed by atoms with Gasteiger partial charge in [-0.1, -0.05) is 0 Å². The Morgan fingerprint density at radius 1 is 1.13 bits per heavy atom. The Morgan fingerprint density at radius 3 is 2.45 bits per heavy atom. The van der Waals surface area contributed by atoms with Gasteiger partial charge < -0.3 is 19.3 Å². The van der Waals surface area contributed by atoms with Gasteiger partial charge in [0.1, 0.15) is 0 Å². The average molecular weight is 538 g/mol. The number of carbonyl (C=O) groups is 1. The summed E-state index contributed by atoms with van der Waals surface area (Å²) >= 11 is 1.62. The number of thiophene rings is 1. The summed E-state index contributed by atoms with van der Waals surface area (Å²) < 4.78 is 11.6. The van der Waals surface area contributed by atoms with Crippen molar-refractivity contribution in [3.63, 3.8) is 0 Å². The van der Waals surface area contributed by atoms with Crippen LogP contribution in [0.15, 0.2) is 30.9 Å². The van der Waals surface area contributed by atoms with Crippen molar-refractivity contribution in [2.24, 2.45) is 0 Å². The highest BCUT2D eigenvalue weighted by Gasteiger charge is 2.32. The zero-order valence-corrected chi connectivity index (χ0v) is 22.2. The Bertz CT molecular complexity index is 1440. The molecule has 1 aliphatic heterocycles. The number of nitrogens with zero attached hydrogens (tertiary/aromatic N) is 8. The van der Waals surface area contributed by atoms with E-state index in [-0.39, 0.29) is 11.6 Å². The Hall–Kier alpha value is -4.01. The van der Waals surface area contributed by atoms with E-state index in [1.54, 1.807) is 29.2 Å². The number of hydrogen-bond acceptors (Lipinski definition) is 13. The van der Waals surface area contributed by atoms with E-state index < -0.39 is 11.4 Å². The smallest absolute Gasteiger partial charge is 0.316 e. The molecular formula is C24H27N9O4S. The van der Waals surface area contributed by atoms with Crippen LogP contribution in [-0.2, 0) is 10.3 Å². The molecule has 1 fully saturated rings. The summed E-state index contributed by atoms with van der Waals surface area (Å²) in [4.78, 5) is 43.7. The number of anilines is 2. The van der Waals surface area contributed by atoms with Crippen LogP contribution in [0.2, 0.25) is 0 Å². The fourth-order valence-electron chi connectivity index (χ4n) is 3.96. The number of morpholine rings is 1. The molecule has 4 aromatic rings. The summed E-state index contributed by atoms with van der Waals surface area (Å²) in [6.45, 7) is 6.83. The number of amides is 1. The molecular weight excluding hydrogens is 510 g/mol. The van der Waals surface area contributed by atoms with E-state index in [1.165, 1.54) is 19.5 Å². The second-order valence-corrected chi connectivity index (χ2v) is 10.1. The van der Waals surface area contributed by atoms with Crippen molar-refractivity contribution in [1.82, 2.24) is 35.4 Å². The number of hydrogen-bond donors (Lipinski definition) is 2. The molecule has 0 aliphatic carbocycles. The minimum Gasteiger partial charge on any atom is -0.467 e. The van der Waals surface area contributed by atoms with Gasteiger partial charge in [0.15, 0.2) is 11.6 Å². The lowest BCUT2D eigenvalue weighted by molar-refractivity contribution is 0.0705. The van der Waals surface area contributed by atoms with Gasteiger partial charge in [0, 0.05) is 49.8 Å². The zero-order valence-electron chi connectivity index (χ0n) is 21.4. The third-order valence-corrected chi connectivity index (χ3v) is 7.91. The van der Waals surface area contributed by atoms with Gasteiger partial charge in [-0.3, -0.25) is 10.0 Å². The number of fused-ring (bicyclic) bond motifs is 1. The fourth-order valence-corrected chi connectivity index (χ4v) is 5.22. The average Bonchev–Trinajstić information content (AvgIpc) is 3.42. The van der Waals surface area contributed by atoms with Crippen molar-refractivity contribution < 1.29 is 19.5 Å². The molecule has 1 saturated heterocycles. The number of rotatable bonds is 7. The fraction of sp³-hybridized carbons (Fsp3) is 0.375. The Kier molecular flexibility index (Phi) is 7.01. The number of nitrogens with one attached hydrogen (secondary N) is 1. The lowest BCUT2D eigenvalue weighted by Gasteiger charge is -2.34. The number of methoxy groups -OCH3 is 1. The Morgan fingerprint density at radius 2 is 1.82 bits per heavy atom. The Balaban J connectivity index is 1.55. The maximum absolute atomic E-state index is 11.6. The van der Waals surface area contributed by atoms with Gasteiger partial charge in [0.25, 0.3) is 5.91 Å². The lowest BCUT2D eigenvalue weighted by Crippen LogP contribution is -2.39. The molecule has 4 aromatic heterocycles. The molecule has 0 atom stereocenters. The summed E-state index contributed by atoms with van der Waals surface area (Å²) in [6.07, 6.45) is 6.05. The van der Waals surface area contributed by atoms with Crippen LogP contribution in [0.4, 0.5) is 11.8 Å². The van der Waals surface area contributed by atoms with Gasteiger partial charge in [-0.15, -0.1) is 11.3 Å². The molecule has 0 radical (unpaired) electrons. The Labute approximate surface area is 222 Å². The van der Waals surface area contributed by atoms with Crippen molar-refractivity contribution >= 4 is 39.2 Å². The summed E-state index contributed by atoms with van der Waals surface area (Å²) in [5.74, 6) is 1.13. The maximum atomic E-state index is 11.6. The topological polar surface area (TPSA) is 152 Å². The van der Waals surface area contributed by atoms with Crippen LogP contribution in [0, 0.1) is 0 Å². The quantitative estimate of drug-likeness (QED) is 0.263. The monoisotopic (exact) mass is 537 g/mol. The second-order valence-electron chi connectivity index (χ2n) is 9.08. The highest BCUT2D eigenvalue weighted by atomic mass is 32.1. The molecule has 1 aliphatic rings. The molecule has 198 valence electrons. The number of hydroxylamine groups is 1. The third-order valence-electron chi connectivity index (χ3n) is 6.48. The molecule has 1 amide bonds. The van der Waals surface area contributed by atoms with Crippen molar-refractivity contribution in [2.75, 3.05) is 50.3 Å². The molecule has 2 N–H and O–H groups in total. The van der Waals surface area contributed by atoms with Crippen LogP contribution in [0.25, 0.3) is 21.6 Å². The largest absolute Gasteiger partial charge is 0.467 e. The van der Waals surface area contributed by atoms with Crippen LogP contribution in [-0.4, -0.2) is 81.5 Å². The highest BCUT2D eigenvalue weighted by Crippen LogP contribution is 2.41. The first-order valence-corrected chi connectivity index (χ1v) is 12.6. The minimum atomic E-state index is -0.671. The number of ether oxygens (including phenoxy) is 2. The molecule has 5 heterocycles. The lowest BCUT2D eigenvalue weighted by atomic mass is 10.0. The summed E-state index contributed by atoms with van der Waals surface area (Å²) in [5.41, 5.74) is 2.71. The van der Waals surface area contributed by atoms with Crippen molar-refractivity contribution in [3.05, 3.63) is 41.3 Å². The molecule has 0 saturated carbocycles. The van der Waals surface area contributed by atoms with Gasteiger partial charge in [-0.2, -0.15) is 0 Å². The van der Waals surface area contributed by atoms with E-state index in [1.807, 2.05) is 11.9 Å². The van der Waals surface area contributed by atoms with Gasteiger partial charge in [-0.25, -0.2) is 35.4 Å². The number of aromatic nitrogens is 6. The standard InChI is InChI=1S/C24H27N9O4S/c1-24(2,32(3)22-25-12-15(13-26-22)21(34)31-35)17-9-16-18(38-17)20(33-5-7-37-8-6-33)30-19(29-16)14-10-27-23(36-4)28-11-14/h9-13,35H,5-8H2,1-4H3,(H,31,34). The van der Waals surface area contributed by atoms with Crippen LogP contribution in [0.3, 0.4) is 0 Å². The third kappa shape index (κ3) is 4.80. The van der Waals surface area contributed by atoms with E-state index in [0.29, 0.717) is 30.5 Å². The molecule has 5 rings (SSSR count). The first-order chi connectivity index (χ1) is 18.3. The van der Waals surface area contributed by atoms with Crippen LogP contribution in [0.5, 0.6) is 6.01 Å². The summed E-state index contributed by atoms with van der Waals surface area (Å²) in [6, 6.07) is 2.34. The van der Waals surface area contributed by atoms with Gasteiger partial charge in [0.2, 0.25) is 5.95 Å². The minimum absolute atomic E-state index is 0.157. The first-order valence-electron chi connectivity index (χ1n) is 11.8. The highest BCUT2D eigenvalue weighted by molar-refractivity contribution is 7.19. The predicted molar refractivity (Wildman–Crippen MR) is 141 cm³/mol. The van der Waals surface area contributed by atoms with Gasteiger partial charge in [-0.05, 0) is 19.9 Å². The first kappa shape index (κ1) is 25.6. The zero-order chi connectivity index (χ0) is 26.9. The maximum Gasteiger partial charge on any atom is 0.316 e. The van der Waals surface area contributed by atoms with Crippen molar-refractivity contribution in [2.45, 2.75) is 19.4 Å². The van der Waals surface area contributed by atoms with Gasteiger partial charge in [0.05, 0.1) is 47.2 Å². The SMILES string of the molecule is COc1ncc(-c2nc(N3CCOCC3)c3sc(C(C)(C)N(C)c4ncc(C(=O)NO)cn4)cc3n2)cn1. The van der Waals surface area contributed by atoms with Crippen LogP contribution in [0.1, 0.15) is 29.1 Å². The van der Waals surface area contributed by atoms with E-state index in [2.05, 4.69) is 44.7 Å². The normalized spacial score (nSPS) is 14.0. The molecule has 0 aromatic carbocycles. The van der Waals surface area contributed by atoms with Crippen LogP contribution < -0.4 is 20.0 Å². The van der Waals surface area contributed by atoms with E-state index in [0.717, 1.165) is 34.0 Å². The molecule has 0 bridgehead atoms. The summed E-state index contributed by atoms with van der Waals surface area (Å²) in [7, 11) is 3.41. The van der Waals surface area contributed by atoms with Crippen molar-refractivity contribution in [3.8, 4) is 17.4 Å². The molecule has 13 nitrogen and oxygen atoms in total. The molecule has 0 spiro atoms. The van der Waals surface area contributed by atoms with Crippen molar-refractivity contribution in [1.29, 1.82) is 0 Å². The van der Waals surface area contributed by atoms with E-state index in [4.69, 9.17) is 24.6 Å². The summed E-state index contributed by atoms with van der Waals surface area (Å²) in [5, 5.41) is 8.85. The molecule has 14 heteroatoms. The number of carbonyl (C=O) groups excluding carboxylic acids is 1. The molecule has 0 unspecified atom stereocenters. The van der Waals surface area contributed by atoms with E-state index >= 15 is 0 Å². The predicted octanol–water partition coefficient (Wildman–Crippen LogP) is 2.27.